The minimum Gasteiger partial charge on any atom is -0.383 e. The molecule has 5 heterocycles. The van der Waals surface area contributed by atoms with Crippen molar-refractivity contribution in [3.05, 3.63) is 67.3 Å². The molecule has 0 spiro atoms. The first-order valence-electron chi connectivity index (χ1n) is 13.8. The van der Waals surface area contributed by atoms with Crippen molar-refractivity contribution in [3.8, 4) is 22.5 Å². The fraction of sp³-hybridized carbons (Fsp3) is 0.400. The molecule has 10 nitrogen and oxygen atoms in total. The maximum absolute atomic E-state index is 5.46. The van der Waals surface area contributed by atoms with Gasteiger partial charge in [-0.05, 0) is 42.5 Å². The van der Waals surface area contributed by atoms with Gasteiger partial charge < -0.3 is 19.7 Å². The zero-order valence-electron chi connectivity index (χ0n) is 23.2. The molecule has 0 unspecified atom stereocenters. The van der Waals surface area contributed by atoms with Crippen molar-refractivity contribution < 1.29 is 9.47 Å². The minimum absolute atomic E-state index is 0.0949. The molecule has 0 saturated carbocycles. The Hall–Kier alpha value is -3.86. The Bertz CT molecular complexity index is 1400. The molecule has 208 valence electrons. The minimum atomic E-state index is 0.0949. The van der Waals surface area contributed by atoms with Crippen LogP contribution < -0.4 is 10.2 Å². The molecule has 6 rings (SSSR count). The quantitative estimate of drug-likeness (QED) is 0.321. The van der Waals surface area contributed by atoms with Crippen LogP contribution in [0.3, 0.4) is 0 Å². The van der Waals surface area contributed by atoms with Gasteiger partial charge in [0.1, 0.15) is 5.69 Å². The first-order chi connectivity index (χ1) is 19.6. The number of benzene rings is 1. The molecule has 0 bridgehead atoms. The second-order valence-corrected chi connectivity index (χ2v) is 10.9. The van der Waals surface area contributed by atoms with Crippen LogP contribution >= 0.6 is 0 Å². The zero-order chi connectivity index (χ0) is 27.4. The molecule has 1 N–H and O–H groups in total. The number of anilines is 3. The molecule has 10 heteroatoms. The number of hydrogen-bond acceptors (Lipinski definition) is 9. The summed E-state index contributed by atoms with van der Waals surface area (Å²) in [5, 5.41) is 8.32. The molecule has 2 fully saturated rings. The average Bonchev–Trinajstić information content (AvgIpc) is 3.40. The van der Waals surface area contributed by atoms with Crippen molar-refractivity contribution in [3.63, 3.8) is 0 Å². The molecule has 2 aliphatic rings. The lowest BCUT2D eigenvalue weighted by molar-refractivity contribution is -0.111. The number of aromatic nitrogens is 5. The van der Waals surface area contributed by atoms with E-state index in [1.165, 1.54) is 5.69 Å². The highest BCUT2D eigenvalue weighted by Gasteiger charge is 2.34. The van der Waals surface area contributed by atoms with Crippen LogP contribution in [0.4, 0.5) is 17.3 Å². The van der Waals surface area contributed by atoms with Crippen LogP contribution in [0.5, 0.6) is 0 Å². The van der Waals surface area contributed by atoms with Gasteiger partial charge in [0, 0.05) is 92.5 Å². The third kappa shape index (κ3) is 5.99. The second-order valence-electron chi connectivity index (χ2n) is 10.9. The lowest BCUT2D eigenvalue weighted by atomic mass is 9.89. The number of nitrogens with zero attached hydrogens (tertiary/aromatic N) is 7. The number of hydrogen-bond donors (Lipinski definition) is 1. The Labute approximate surface area is 235 Å². The molecule has 0 aliphatic carbocycles. The summed E-state index contributed by atoms with van der Waals surface area (Å²) in [4.78, 5) is 18.5. The molecule has 2 aliphatic heterocycles. The molecule has 40 heavy (non-hydrogen) atoms. The predicted molar refractivity (Wildman–Crippen MR) is 156 cm³/mol. The van der Waals surface area contributed by atoms with Crippen LogP contribution in [0, 0.1) is 5.41 Å². The van der Waals surface area contributed by atoms with Gasteiger partial charge in [0.05, 0.1) is 32.1 Å². The zero-order valence-corrected chi connectivity index (χ0v) is 23.2. The van der Waals surface area contributed by atoms with Gasteiger partial charge in [-0.25, -0.2) is 9.97 Å². The smallest absolute Gasteiger partial charge is 0.227 e. The third-order valence-electron chi connectivity index (χ3n) is 7.55. The van der Waals surface area contributed by atoms with Crippen molar-refractivity contribution in [1.82, 2.24) is 29.6 Å². The van der Waals surface area contributed by atoms with E-state index in [9.17, 15) is 0 Å². The summed E-state index contributed by atoms with van der Waals surface area (Å²) in [6.45, 7) is 10.4. The Kier molecular flexibility index (Phi) is 7.72. The maximum Gasteiger partial charge on any atom is 0.227 e. The Morgan fingerprint density at radius 2 is 1.85 bits per heavy atom. The Balaban J connectivity index is 1.17. The van der Waals surface area contributed by atoms with Gasteiger partial charge in [-0.15, -0.1) is 0 Å². The standard InChI is InChI=1S/C30H36N8O2/c1-30(21-40-22-30)20-38-19-26(28(35-38)23-4-3-10-31-18-23)27-9-11-32-29(34-27)33-24-5-7-25(8-6-24)37-14-12-36(13-15-37)16-17-39-2/h3-11,18-19H,12-17,20-22H2,1-2H3,(H,32,33,34). The third-order valence-corrected chi connectivity index (χ3v) is 7.55. The summed E-state index contributed by atoms with van der Waals surface area (Å²) in [5.41, 5.74) is 5.83. The Morgan fingerprint density at radius 1 is 1.02 bits per heavy atom. The monoisotopic (exact) mass is 540 g/mol. The molecule has 4 aromatic rings. The number of ether oxygens (including phenoxy) is 2. The van der Waals surface area contributed by atoms with Crippen LogP contribution in [-0.2, 0) is 16.0 Å². The number of methoxy groups -OCH3 is 1. The van der Waals surface area contributed by atoms with Gasteiger partial charge in [0.2, 0.25) is 5.95 Å². The van der Waals surface area contributed by atoms with Gasteiger partial charge in [-0.2, -0.15) is 5.10 Å². The van der Waals surface area contributed by atoms with E-state index in [1.807, 2.05) is 29.1 Å². The summed E-state index contributed by atoms with van der Waals surface area (Å²) in [7, 11) is 1.76. The van der Waals surface area contributed by atoms with Gasteiger partial charge in [0.25, 0.3) is 0 Å². The summed E-state index contributed by atoms with van der Waals surface area (Å²) >= 11 is 0. The highest BCUT2D eigenvalue weighted by atomic mass is 16.5. The molecule has 0 radical (unpaired) electrons. The van der Waals surface area contributed by atoms with Crippen molar-refractivity contribution in [2.75, 3.05) is 69.9 Å². The van der Waals surface area contributed by atoms with E-state index >= 15 is 0 Å². The summed E-state index contributed by atoms with van der Waals surface area (Å²) in [5.74, 6) is 0.543. The van der Waals surface area contributed by atoms with Gasteiger partial charge in [-0.1, -0.05) is 6.92 Å². The van der Waals surface area contributed by atoms with Crippen LogP contribution in [0.1, 0.15) is 6.92 Å². The molecular formula is C30H36N8O2. The summed E-state index contributed by atoms with van der Waals surface area (Å²) < 4.78 is 12.7. The Morgan fingerprint density at radius 3 is 2.55 bits per heavy atom. The molecular weight excluding hydrogens is 504 g/mol. The normalized spacial score (nSPS) is 17.0. The molecule has 0 amide bonds. The van der Waals surface area contributed by atoms with Crippen LogP contribution in [0.15, 0.2) is 67.3 Å². The van der Waals surface area contributed by atoms with E-state index in [1.54, 1.807) is 19.5 Å². The SMILES string of the molecule is COCCN1CCN(c2ccc(Nc3nccc(-c4cn(CC5(C)COC5)nc4-c4cccnc4)n3)cc2)CC1. The van der Waals surface area contributed by atoms with E-state index in [0.29, 0.717) is 5.95 Å². The fourth-order valence-corrected chi connectivity index (χ4v) is 5.24. The molecule has 2 saturated heterocycles. The van der Waals surface area contributed by atoms with Crippen molar-refractivity contribution in [2.24, 2.45) is 5.41 Å². The van der Waals surface area contributed by atoms with E-state index < -0.39 is 0 Å². The fourth-order valence-electron chi connectivity index (χ4n) is 5.24. The van der Waals surface area contributed by atoms with E-state index in [4.69, 9.17) is 19.6 Å². The van der Waals surface area contributed by atoms with Crippen LogP contribution in [0.2, 0.25) is 0 Å². The second kappa shape index (κ2) is 11.7. The summed E-state index contributed by atoms with van der Waals surface area (Å²) in [6, 6.07) is 14.4. The van der Waals surface area contributed by atoms with E-state index in [2.05, 4.69) is 62.5 Å². The molecule has 0 atom stereocenters. The van der Waals surface area contributed by atoms with Crippen LogP contribution in [0.25, 0.3) is 22.5 Å². The first-order valence-corrected chi connectivity index (χ1v) is 13.8. The van der Waals surface area contributed by atoms with Gasteiger partial charge >= 0.3 is 0 Å². The highest BCUT2D eigenvalue weighted by Crippen LogP contribution is 2.33. The van der Waals surface area contributed by atoms with Crippen molar-refractivity contribution in [1.29, 1.82) is 0 Å². The van der Waals surface area contributed by atoms with Gasteiger partial charge in [-0.3, -0.25) is 14.6 Å². The van der Waals surface area contributed by atoms with Crippen molar-refractivity contribution >= 4 is 17.3 Å². The topological polar surface area (TPSA) is 93.5 Å². The average molecular weight is 541 g/mol. The molecule has 3 aromatic heterocycles. The maximum atomic E-state index is 5.46. The van der Waals surface area contributed by atoms with Crippen LogP contribution in [-0.4, -0.2) is 89.3 Å². The number of piperazine rings is 1. The van der Waals surface area contributed by atoms with E-state index in [0.717, 1.165) is 87.3 Å². The van der Waals surface area contributed by atoms with Crippen molar-refractivity contribution in [2.45, 2.75) is 13.5 Å². The predicted octanol–water partition coefficient (Wildman–Crippen LogP) is 3.95. The number of nitrogens with one attached hydrogen (secondary N) is 1. The lowest BCUT2D eigenvalue weighted by Gasteiger charge is -2.37. The molecule has 1 aromatic carbocycles. The number of rotatable bonds is 10. The lowest BCUT2D eigenvalue weighted by Crippen LogP contribution is -2.47. The van der Waals surface area contributed by atoms with E-state index in [-0.39, 0.29) is 5.41 Å². The number of pyridine rings is 1. The van der Waals surface area contributed by atoms with Gasteiger partial charge in [0.15, 0.2) is 0 Å². The first kappa shape index (κ1) is 26.4. The summed E-state index contributed by atoms with van der Waals surface area (Å²) in [6.07, 6.45) is 7.47. The largest absolute Gasteiger partial charge is 0.383 e. The highest BCUT2D eigenvalue weighted by molar-refractivity contribution is 5.78.